The van der Waals surface area contributed by atoms with Gasteiger partial charge in [0.05, 0.1) is 13.3 Å². The van der Waals surface area contributed by atoms with Gasteiger partial charge in [0, 0.05) is 65.2 Å². The van der Waals surface area contributed by atoms with Crippen LogP contribution < -0.4 is 10.6 Å². The van der Waals surface area contributed by atoms with Gasteiger partial charge in [-0.2, -0.15) is 0 Å². The molecule has 2 N–H and O–H groups in total. The minimum Gasteiger partial charge on any atom is -0.303 e. The largest absolute Gasteiger partial charge is 0.303 e. The Morgan fingerprint density at radius 1 is 0.714 bits per heavy atom. The van der Waals surface area contributed by atoms with Gasteiger partial charge in [-0.3, -0.25) is 19.6 Å². The van der Waals surface area contributed by atoms with E-state index in [4.69, 9.17) is 0 Å². The standard InChI is InChI=1S/C15H32N6/c1-15-10-16-11-20-6-2-4-18(13-20)8-9-19-5-3-7-21(14-19)12-17-15/h15-17H,2-14H2,1H3. The smallest absolute Gasteiger partial charge is 0.0518 e. The van der Waals surface area contributed by atoms with Gasteiger partial charge in [-0.15, -0.1) is 0 Å². The molecule has 5 atom stereocenters. The number of hydrogen-bond acceptors (Lipinski definition) is 6. The zero-order valence-electron chi connectivity index (χ0n) is 13.6. The molecule has 0 aromatic rings. The number of nitrogens with zero attached hydrogens (tertiary/aromatic N) is 4. The van der Waals surface area contributed by atoms with Crippen molar-refractivity contribution >= 4 is 0 Å². The predicted octanol–water partition coefficient (Wildman–Crippen LogP) is -0.587. The van der Waals surface area contributed by atoms with Crippen LogP contribution in [0.15, 0.2) is 0 Å². The summed E-state index contributed by atoms with van der Waals surface area (Å²) in [7, 11) is 0. The average molecular weight is 296 g/mol. The lowest BCUT2D eigenvalue weighted by atomic mass is 10.2. The third-order valence-corrected chi connectivity index (χ3v) is 4.88. The molecular formula is C15H32N6. The Morgan fingerprint density at radius 2 is 1.29 bits per heavy atom. The summed E-state index contributed by atoms with van der Waals surface area (Å²) in [4.78, 5) is 10.3. The number of fused-ring (bicyclic) bond motifs is 4. The second kappa shape index (κ2) is 7.85. The van der Waals surface area contributed by atoms with Crippen LogP contribution in [-0.2, 0) is 0 Å². The van der Waals surface area contributed by atoms with Gasteiger partial charge in [0.25, 0.3) is 0 Å². The quantitative estimate of drug-likeness (QED) is 0.623. The molecule has 0 spiro atoms. The van der Waals surface area contributed by atoms with Crippen molar-refractivity contribution in [3.8, 4) is 0 Å². The van der Waals surface area contributed by atoms with E-state index < -0.39 is 0 Å². The van der Waals surface area contributed by atoms with E-state index in [1.165, 1.54) is 52.1 Å². The Bertz CT molecular complexity index is 313. The highest BCUT2D eigenvalue weighted by Crippen LogP contribution is 2.08. The molecule has 21 heavy (non-hydrogen) atoms. The number of hydrogen-bond donors (Lipinski definition) is 2. The Morgan fingerprint density at radius 3 is 1.95 bits per heavy atom. The second-order valence-corrected chi connectivity index (χ2v) is 6.89. The zero-order chi connectivity index (χ0) is 14.5. The van der Waals surface area contributed by atoms with Gasteiger partial charge in [-0.05, 0) is 19.8 Å². The van der Waals surface area contributed by atoms with Crippen molar-refractivity contribution < 1.29 is 0 Å². The van der Waals surface area contributed by atoms with Crippen LogP contribution in [0.5, 0.6) is 0 Å². The van der Waals surface area contributed by atoms with E-state index in [9.17, 15) is 0 Å². The monoisotopic (exact) mass is 296 g/mol. The first-order valence-corrected chi connectivity index (χ1v) is 8.63. The van der Waals surface area contributed by atoms with Crippen molar-refractivity contribution in [2.24, 2.45) is 0 Å². The van der Waals surface area contributed by atoms with Crippen molar-refractivity contribution in [3.05, 3.63) is 0 Å². The molecule has 0 saturated carbocycles. The normalized spacial score (nSPS) is 43.0. The summed E-state index contributed by atoms with van der Waals surface area (Å²) in [6, 6.07) is 0.532. The fourth-order valence-corrected chi connectivity index (χ4v) is 3.59. The lowest BCUT2D eigenvalue weighted by Crippen LogP contribution is -2.55. The van der Waals surface area contributed by atoms with Crippen molar-refractivity contribution in [1.82, 2.24) is 30.2 Å². The molecule has 0 radical (unpaired) electrons. The highest BCUT2D eigenvalue weighted by atomic mass is 15.4. The van der Waals surface area contributed by atoms with Crippen LogP contribution in [0.1, 0.15) is 19.8 Å². The number of rotatable bonds is 0. The molecule has 6 heteroatoms. The lowest BCUT2D eigenvalue weighted by Gasteiger charge is -2.40. The SMILES string of the molecule is CC1CNCN2CCCN(CCN3CCCN(CN1)C3)C2. The topological polar surface area (TPSA) is 37.0 Å². The summed E-state index contributed by atoms with van der Waals surface area (Å²) in [5, 5.41) is 7.26. The third-order valence-electron chi connectivity index (χ3n) is 4.88. The zero-order valence-corrected chi connectivity index (χ0v) is 13.6. The summed E-state index contributed by atoms with van der Waals surface area (Å²) >= 11 is 0. The van der Waals surface area contributed by atoms with E-state index in [0.29, 0.717) is 6.04 Å². The molecule has 0 aliphatic carbocycles. The molecule has 3 saturated heterocycles. The van der Waals surface area contributed by atoms with Crippen molar-refractivity contribution in [2.45, 2.75) is 25.8 Å². The van der Waals surface area contributed by atoms with Crippen LogP contribution in [0.2, 0.25) is 0 Å². The molecule has 4 bridgehead atoms. The molecule has 0 aromatic heterocycles. The van der Waals surface area contributed by atoms with Gasteiger partial charge < -0.3 is 10.6 Å². The summed E-state index contributed by atoms with van der Waals surface area (Å²) in [6.45, 7) is 15.1. The number of nitrogens with one attached hydrogen (secondary N) is 2. The van der Waals surface area contributed by atoms with Gasteiger partial charge in [0.1, 0.15) is 0 Å². The van der Waals surface area contributed by atoms with Crippen molar-refractivity contribution in [3.63, 3.8) is 0 Å². The van der Waals surface area contributed by atoms with E-state index in [2.05, 4.69) is 37.2 Å². The first-order chi connectivity index (χ1) is 10.3. The maximum absolute atomic E-state index is 3.66. The highest BCUT2D eigenvalue weighted by Gasteiger charge is 2.21. The van der Waals surface area contributed by atoms with E-state index in [1.807, 2.05) is 0 Å². The van der Waals surface area contributed by atoms with E-state index in [-0.39, 0.29) is 0 Å². The van der Waals surface area contributed by atoms with Crippen molar-refractivity contribution in [2.75, 3.05) is 72.5 Å². The maximum Gasteiger partial charge on any atom is 0.0518 e. The molecular weight excluding hydrogens is 264 g/mol. The van der Waals surface area contributed by atoms with Crippen molar-refractivity contribution in [1.29, 1.82) is 0 Å². The predicted molar refractivity (Wildman–Crippen MR) is 85.9 cm³/mol. The first kappa shape index (κ1) is 15.6. The third kappa shape index (κ3) is 4.87. The Balaban J connectivity index is 1.57. The lowest BCUT2D eigenvalue weighted by molar-refractivity contribution is 0.0387. The van der Waals surface area contributed by atoms with Gasteiger partial charge in [0.15, 0.2) is 0 Å². The second-order valence-electron chi connectivity index (χ2n) is 6.89. The van der Waals surface area contributed by atoms with E-state index >= 15 is 0 Å². The molecule has 3 fully saturated rings. The minimum absolute atomic E-state index is 0.532. The molecule has 122 valence electrons. The van der Waals surface area contributed by atoms with Gasteiger partial charge >= 0.3 is 0 Å². The summed E-state index contributed by atoms with van der Waals surface area (Å²) < 4.78 is 0. The van der Waals surface area contributed by atoms with Gasteiger partial charge in [-0.1, -0.05) is 0 Å². The fourth-order valence-electron chi connectivity index (χ4n) is 3.59. The minimum atomic E-state index is 0.532. The Hall–Kier alpha value is -0.240. The Labute approximate surface area is 129 Å². The summed E-state index contributed by atoms with van der Waals surface area (Å²) in [6.07, 6.45) is 2.61. The van der Waals surface area contributed by atoms with Gasteiger partial charge in [-0.25, -0.2) is 0 Å². The summed E-state index contributed by atoms with van der Waals surface area (Å²) in [5.41, 5.74) is 0. The maximum atomic E-state index is 3.66. The average Bonchev–Trinajstić information content (AvgIpc) is 2.51. The molecule has 3 heterocycles. The molecule has 0 aromatic carbocycles. The fraction of sp³-hybridized carbons (Fsp3) is 1.00. The Kier molecular flexibility index (Phi) is 5.85. The van der Waals surface area contributed by atoms with Crippen LogP contribution in [-0.4, -0.2) is 98.1 Å². The molecule has 6 nitrogen and oxygen atoms in total. The van der Waals surface area contributed by atoms with E-state index in [1.54, 1.807) is 0 Å². The van der Waals surface area contributed by atoms with E-state index in [0.717, 1.165) is 33.2 Å². The van der Waals surface area contributed by atoms with Crippen LogP contribution >= 0.6 is 0 Å². The molecule has 3 aliphatic heterocycles. The highest BCUT2D eigenvalue weighted by molar-refractivity contribution is 4.75. The molecule has 3 aliphatic rings. The van der Waals surface area contributed by atoms with Crippen LogP contribution in [0.25, 0.3) is 0 Å². The summed E-state index contributed by atoms with van der Waals surface area (Å²) in [5.74, 6) is 0. The molecule has 5 unspecified atom stereocenters. The van der Waals surface area contributed by atoms with Crippen LogP contribution in [0.3, 0.4) is 0 Å². The molecule has 3 rings (SSSR count). The van der Waals surface area contributed by atoms with Crippen LogP contribution in [0.4, 0.5) is 0 Å². The molecule has 0 amide bonds. The van der Waals surface area contributed by atoms with Gasteiger partial charge in [0.2, 0.25) is 0 Å². The van der Waals surface area contributed by atoms with Crippen LogP contribution in [0, 0.1) is 0 Å². The first-order valence-electron chi connectivity index (χ1n) is 8.63.